The molecule has 0 aliphatic rings. The molecule has 1 unspecified atom stereocenters. The molecule has 14 heavy (non-hydrogen) atoms. The van der Waals surface area contributed by atoms with E-state index in [4.69, 9.17) is 10.5 Å². The number of carbonyl (C=O) groups excluding carboxylic acids is 1. The lowest BCUT2D eigenvalue weighted by atomic mass is 10.2. The molecule has 1 atom stereocenters. The molecule has 0 aromatic carbocycles. The van der Waals surface area contributed by atoms with E-state index in [0.717, 1.165) is 24.7 Å². The summed E-state index contributed by atoms with van der Waals surface area (Å²) < 4.78 is 9.68. The highest BCUT2D eigenvalue weighted by molar-refractivity contribution is 7.99. The summed E-state index contributed by atoms with van der Waals surface area (Å²) in [7, 11) is 1.35. The Hall–Kier alpha value is -0.260. The molecule has 0 aromatic heterocycles. The molecule has 0 bridgehead atoms. The van der Waals surface area contributed by atoms with E-state index in [0.29, 0.717) is 6.42 Å². The van der Waals surface area contributed by atoms with Crippen molar-refractivity contribution in [2.45, 2.75) is 19.4 Å². The third-order valence-electron chi connectivity index (χ3n) is 1.65. The van der Waals surface area contributed by atoms with Crippen LogP contribution in [0.1, 0.15) is 13.3 Å². The van der Waals surface area contributed by atoms with E-state index >= 15 is 0 Å². The molecule has 0 aromatic rings. The number of ether oxygens (including phenoxy) is 2. The molecule has 0 spiro atoms. The lowest BCUT2D eigenvalue weighted by Gasteiger charge is -2.08. The highest BCUT2D eigenvalue weighted by Crippen LogP contribution is 2.04. The van der Waals surface area contributed by atoms with Gasteiger partial charge in [-0.25, -0.2) is 0 Å². The zero-order valence-electron chi connectivity index (χ0n) is 8.82. The van der Waals surface area contributed by atoms with Crippen molar-refractivity contribution in [1.29, 1.82) is 0 Å². The summed E-state index contributed by atoms with van der Waals surface area (Å²) in [4.78, 5) is 10.9. The highest BCUT2D eigenvalue weighted by Gasteiger charge is 2.12. The molecule has 84 valence electrons. The molecule has 0 saturated carbocycles. The van der Waals surface area contributed by atoms with Gasteiger partial charge in [-0.2, -0.15) is 11.8 Å². The molecule has 0 amide bonds. The first kappa shape index (κ1) is 13.7. The molecular formula is C9H19NO3S. The van der Waals surface area contributed by atoms with Gasteiger partial charge in [0.1, 0.15) is 6.04 Å². The average Bonchev–Trinajstić information content (AvgIpc) is 2.21. The van der Waals surface area contributed by atoms with Crippen LogP contribution in [-0.2, 0) is 14.3 Å². The predicted octanol–water partition coefficient (Wildman–Crippen LogP) is 0.646. The highest BCUT2D eigenvalue weighted by atomic mass is 32.2. The second-order valence-electron chi connectivity index (χ2n) is 2.73. The first-order valence-electron chi connectivity index (χ1n) is 4.71. The Kier molecular flexibility index (Phi) is 9.13. The Morgan fingerprint density at radius 1 is 1.50 bits per heavy atom. The first-order valence-corrected chi connectivity index (χ1v) is 5.86. The van der Waals surface area contributed by atoms with Crippen molar-refractivity contribution in [2.75, 3.05) is 31.8 Å². The lowest BCUT2D eigenvalue weighted by Crippen LogP contribution is -2.32. The molecule has 5 heteroatoms. The topological polar surface area (TPSA) is 61.5 Å². The van der Waals surface area contributed by atoms with Crippen molar-refractivity contribution in [1.82, 2.24) is 0 Å². The van der Waals surface area contributed by atoms with Crippen molar-refractivity contribution < 1.29 is 14.3 Å². The van der Waals surface area contributed by atoms with Gasteiger partial charge in [0.2, 0.25) is 0 Å². The van der Waals surface area contributed by atoms with Crippen molar-refractivity contribution in [3.05, 3.63) is 0 Å². The van der Waals surface area contributed by atoms with Gasteiger partial charge < -0.3 is 15.2 Å². The van der Waals surface area contributed by atoms with Crippen LogP contribution in [0.3, 0.4) is 0 Å². The quantitative estimate of drug-likeness (QED) is 0.481. The zero-order valence-corrected chi connectivity index (χ0v) is 9.64. The number of thioether (sulfide) groups is 1. The largest absolute Gasteiger partial charge is 0.468 e. The Morgan fingerprint density at radius 2 is 2.21 bits per heavy atom. The van der Waals surface area contributed by atoms with Gasteiger partial charge in [-0.05, 0) is 19.1 Å². The SMILES string of the molecule is CCOCCSCCC(N)C(=O)OC. The van der Waals surface area contributed by atoms with Crippen LogP contribution in [0.25, 0.3) is 0 Å². The van der Waals surface area contributed by atoms with Crippen molar-refractivity contribution in [3.63, 3.8) is 0 Å². The molecule has 0 fully saturated rings. The second-order valence-corrected chi connectivity index (χ2v) is 3.95. The Balaban J connectivity index is 3.23. The van der Waals surface area contributed by atoms with E-state index in [1.54, 1.807) is 11.8 Å². The van der Waals surface area contributed by atoms with Crippen molar-refractivity contribution >= 4 is 17.7 Å². The number of esters is 1. The monoisotopic (exact) mass is 221 g/mol. The minimum Gasteiger partial charge on any atom is -0.468 e. The summed E-state index contributed by atoms with van der Waals surface area (Å²) in [6.07, 6.45) is 0.656. The summed E-state index contributed by atoms with van der Waals surface area (Å²) in [5.74, 6) is 1.47. The number of rotatable bonds is 8. The van der Waals surface area contributed by atoms with Gasteiger partial charge in [-0.3, -0.25) is 4.79 Å². The van der Waals surface area contributed by atoms with E-state index in [2.05, 4.69) is 4.74 Å². The fourth-order valence-corrected chi connectivity index (χ4v) is 1.70. The van der Waals surface area contributed by atoms with Gasteiger partial charge in [-0.1, -0.05) is 0 Å². The molecule has 0 rings (SSSR count). The lowest BCUT2D eigenvalue weighted by molar-refractivity contribution is -0.142. The molecule has 0 radical (unpaired) electrons. The number of methoxy groups -OCH3 is 1. The first-order chi connectivity index (χ1) is 6.72. The van der Waals surface area contributed by atoms with Crippen molar-refractivity contribution in [3.8, 4) is 0 Å². The predicted molar refractivity (Wildman–Crippen MR) is 58.4 cm³/mol. The number of hydrogen-bond acceptors (Lipinski definition) is 5. The van der Waals surface area contributed by atoms with Crippen LogP contribution >= 0.6 is 11.8 Å². The fraction of sp³-hybridized carbons (Fsp3) is 0.889. The summed E-state index contributed by atoms with van der Waals surface area (Å²) in [6, 6.07) is -0.486. The van der Waals surface area contributed by atoms with Crippen LogP contribution < -0.4 is 5.73 Å². The molecule has 2 N–H and O–H groups in total. The van der Waals surface area contributed by atoms with Crippen molar-refractivity contribution in [2.24, 2.45) is 5.73 Å². The molecular weight excluding hydrogens is 202 g/mol. The van der Waals surface area contributed by atoms with Gasteiger partial charge >= 0.3 is 5.97 Å². The van der Waals surface area contributed by atoms with Gasteiger partial charge in [0.25, 0.3) is 0 Å². The number of carbonyl (C=O) groups is 1. The summed E-state index contributed by atoms with van der Waals surface area (Å²) in [5, 5.41) is 0. The molecule has 0 aliphatic carbocycles. The fourth-order valence-electron chi connectivity index (χ4n) is 0.844. The minimum absolute atomic E-state index is 0.338. The van der Waals surface area contributed by atoms with Gasteiger partial charge in [0, 0.05) is 12.4 Å². The second kappa shape index (κ2) is 9.30. The minimum atomic E-state index is -0.486. The maximum Gasteiger partial charge on any atom is 0.322 e. The smallest absolute Gasteiger partial charge is 0.322 e. The van der Waals surface area contributed by atoms with E-state index in [1.807, 2.05) is 6.92 Å². The van der Waals surface area contributed by atoms with Crippen LogP contribution in [0.5, 0.6) is 0 Å². The van der Waals surface area contributed by atoms with Gasteiger partial charge in [0.15, 0.2) is 0 Å². The van der Waals surface area contributed by atoms with E-state index in [-0.39, 0.29) is 5.97 Å². The molecule has 0 aliphatic heterocycles. The van der Waals surface area contributed by atoms with Gasteiger partial charge in [0.05, 0.1) is 13.7 Å². The Labute approximate surface area is 89.5 Å². The van der Waals surface area contributed by atoms with Crippen LogP contribution in [0.15, 0.2) is 0 Å². The standard InChI is InChI=1S/C9H19NO3S/c1-3-13-5-7-14-6-4-8(10)9(11)12-2/h8H,3-7,10H2,1-2H3. The van der Waals surface area contributed by atoms with Gasteiger partial charge in [-0.15, -0.1) is 0 Å². The van der Waals surface area contributed by atoms with Crippen LogP contribution in [0.2, 0.25) is 0 Å². The average molecular weight is 221 g/mol. The van der Waals surface area contributed by atoms with E-state index in [1.165, 1.54) is 7.11 Å². The third-order valence-corrected chi connectivity index (χ3v) is 2.63. The molecule has 4 nitrogen and oxygen atoms in total. The van der Waals surface area contributed by atoms with E-state index in [9.17, 15) is 4.79 Å². The van der Waals surface area contributed by atoms with Crippen LogP contribution in [-0.4, -0.2) is 43.8 Å². The molecule has 0 heterocycles. The van der Waals surface area contributed by atoms with Crippen LogP contribution in [0.4, 0.5) is 0 Å². The maximum atomic E-state index is 10.9. The third kappa shape index (κ3) is 7.17. The molecule has 0 saturated heterocycles. The Morgan fingerprint density at radius 3 is 2.79 bits per heavy atom. The maximum absolute atomic E-state index is 10.9. The summed E-state index contributed by atoms with van der Waals surface area (Å²) >= 11 is 1.74. The normalized spacial score (nSPS) is 12.5. The summed E-state index contributed by atoms with van der Waals surface area (Å²) in [5.41, 5.74) is 5.55. The summed E-state index contributed by atoms with van der Waals surface area (Å²) in [6.45, 7) is 3.48. The number of nitrogens with two attached hydrogens (primary N) is 1. The Bertz CT molecular complexity index is 155. The van der Waals surface area contributed by atoms with Crippen LogP contribution in [0, 0.1) is 0 Å². The zero-order chi connectivity index (χ0) is 10.8. The number of hydrogen-bond donors (Lipinski definition) is 1. The van der Waals surface area contributed by atoms with E-state index < -0.39 is 6.04 Å².